The fourth-order valence-corrected chi connectivity index (χ4v) is 3.13. The van der Waals surface area contributed by atoms with Crippen molar-refractivity contribution in [2.24, 2.45) is 5.73 Å². The minimum atomic E-state index is -0.668. The van der Waals surface area contributed by atoms with E-state index >= 15 is 0 Å². The first-order chi connectivity index (χ1) is 9.96. The molecule has 118 valence electrons. The van der Waals surface area contributed by atoms with Crippen LogP contribution >= 0.6 is 35.3 Å². The molecule has 2 aromatic rings. The van der Waals surface area contributed by atoms with E-state index in [9.17, 15) is 4.79 Å². The van der Waals surface area contributed by atoms with Crippen LogP contribution in [0, 0.1) is 6.92 Å². The third kappa shape index (κ3) is 3.79. The normalized spacial score (nSPS) is 15.0. The first-order valence-electron chi connectivity index (χ1n) is 6.76. The summed E-state index contributed by atoms with van der Waals surface area (Å²) in [5.74, 6) is -0.133. The molecule has 1 saturated carbocycles. The standard InChI is InChI=1S/C15H16ClN3OS.ClH/c1-9-6-11(16)3-2-10(9)7-12-8-18-14(21-12)19-13(20)15(17)4-5-15;/h2-3,6,8H,4-5,7,17H2,1H3,(H,18,19,20);1H. The zero-order valence-electron chi connectivity index (χ0n) is 12.1. The van der Waals surface area contributed by atoms with Crippen LogP contribution in [0.25, 0.3) is 0 Å². The summed E-state index contributed by atoms with van der Waals surface area (Å²) in [6.45, 7) is 2.04. The van der Waals surface area contributed by atoms with E-state index in [0.717, 1.165) is 34.7 Å². The summed E-state index contributed by atoms with van der Waals surface area (Å²) < 4.78 is 0. The third-order valence-corrected chi connectivity index (χ3v) is 4.83. The summed E-state index contributed by atoms with van der Waals surface area (Å²) in [5, 5.41) is 4.15. The number of hydrogen-bond donors (Lipinski definition) is 2. The number of benzene rings is 1. The Morgan fingerprint density at radius 1 is 1.50 bits per heavy atom. The molecule has 3 N–H and O–H groups in total. The summed E-state index contributed by atoms with van der Waals surface area (Å²) in [6, 6.07) is 5.86. The van der Waals surface area contributed by atoms with Gasteiger partial charge in [0.25, 0.3) is 0 Å². The van der Waals surface area contributed by atoms with E-state index in [4.69, 9.17) is 17.3 Å². The number of anilines is 1. The van der Waals surface area contributed by atoms with Crippen LogP contribution in [-0.4, -0.2) is 16.4 Å². The second kappa shape index (κ2) is 6.54. The minimum absolute atomic E-state index is 0. The number of hydrogen-bond acceptors (Lipinski definition) is 4. The third-order valence-electron chi connectivity index (χ3n) is 3.68. The summed E-state index contributed by atoms with van der Waals surface area (Å²) in [5.41, 5.74) is 7.55. The van der Waals surface area contributed by atoms with Gasteiger partial charge in [-0.2, -0.15) is 0 Å². The first-order valence-corrected chi connectivity index (χ1v) is 7.96. The second-order valence-corrected chi connectivity index (χ2v) is 7.04. The number of thiazole rings is 1. The molecule has 0 bridgehead atoms. The van der Waals surface area contributed by atoms with Crippen molar-refractivity contribution in [3.63, 3.8) is 0 Å². The molecule has 4 nitrogen and oxygen atoms in total. The van der Waals surface area contributed by atoms with Crippen LogP contribution in [0.4, 0.5) is 5.13 Å². The highest BCUT2D eigenvalue weighted by atomic mass is 35.5. The number of aryl methyl sites for hydroxylation is 1. The van der Waals surface area contributed by atoms with E-state index in [1.54, 1.807) is 6.20 Å². The van der Waals surface area contributed by atoms with Gasteiger partial charge in [-0.25, -0.2) is 4.98 Å². The first kappa shape index (κ1) is 17.2. The van der Waals surface area contributed by atoms with E-state index in [2.05, 4.69) is 10.3 Å². The number of halogens is 2. The SMILES string of the molecule is Cc1cc(Cl)ccc1Cc1cnc(NC(=O)C2(N)CC2)s1.Cl. The van der Waals surface area contributed by atoms with Gasteiger partial charge < -0.3 is 11.1 Å². The number of nitrogens with two attached hydrogens (primary N) is 1. The number of carbonyl (C=O) groups excluding carboxylic acids is 1. The van der Waals surface area contributed by atoms with Gasteiger partial charge in [-0.05, 0) is 43.0 Å². The highest BCUT2D eigenvalue weighted by Gasteiger charge is 2.46. The van der Waals surface area contributed by atoms with Crippen molar-refractivity contribution in [3.05, 3.63) is 45.4 Å². The summed E-state index contributed by atoms with van der Waals surface area (Å²) in [7, 11) is 0. The van der Waals surface area contributed by atoms with Crippen molar-refractivity contribution in [1.82, 2.24) is 4.98 Å². The lowest BCUT2D eigenvalue weighted by atomic mass is 10.1. The molecule has 1 amide bonds. The van der Waals surface area contributed by atoms with Crippen LogP contribution < -0.4 is 11.1 Å². The fourth-order valence-electron chi connectivity index (χ4n) is 2.08. The Labute approximate surface area is 144 Å². The molecule has 0 aliphatic heterocycles. The van der Waals surface area contributed by atoms with Gasteiger partial charge in [0.15, 0.2) is 5.13 Å². The van der Waals surface area contributed by atoms with Crippen LogP contribution in [0.3, 0.4) is 0 Å². The van der Waals surface area contributed by atoms with Gasteiger partial charge in [0.1, 0.15) is 0 Å². The molecular formula is C15H17Cl2N3OS. The Morgan fingerprint density at radius 3 is 2.86 bits per heavy atom. The second-order valence-electron chi connectivity index (χ2n) is 5.49. The summed E-state index contributed by atoms with van der Waals surface area (Å²) in [6.07, 6.45) is 4.08. The highest BCUT2D eigenvalue weighted by molar-refractivity contribution is 7.15. The summed E-state index contributed by atoms with van der Waals surface area (Å²) >= 11 is 7.44. The van der Waals surface area contributed by atoms with Gasteiger partial charge in [-0.3, -0.25) is 4.79 Å². The van der Waals surface area contributed by atoms with Crippen LogP contribution in [0.15, 0.2) is 24.4 Å². The Kier molecular flexibility index (Phi) is 5.12. The summed E-state index contributed by atoms with van der Waals surface area (Å²) in [4.78, 5) is 17.2. The van der Waals surface area contributed by atoms with Crippen molar-refractivity contribution >= 4 is 46.4 Å². The largest absolute Gasteiger partial charge is 0.317 e. The van der Waals surface area contributed by atoms with Gasteiger partial charge >= 0.3 is 0 Å². The smallest absolute Gasteiger partial charge is 0.246 e. The van der Waals surface area contributed by atoms with Crippen molar-refractivity contribution in [3.8, 4) is 0 Å². The molecular weight excluding hydrogens is 341 g/mol. The fraction of sp³-hybridized carbons (Fsp3) is 0.333. The van der Waals surface area contributed by atoms with Crippen molar-refractivity contribution in [2.45, 2.75) is 31.7 Å². The average Bonchev–Trinajstić information content (AvgIpc) is 3.03. The van der Waals surface area contributed by atoms with Gasteiger partial charge in [0, 0.05) is 22.5 Å². The molecule has 1 heterocycles. The monoisotopic (exact) mass is 357 g/mol. The van der Waals surface area contributed by atoms with Crippen LogP contribution in [0.2, 0.25) is 5.02 Å². The molecule has 7 heteroatoms. The van der Waals surface area contributed by atoms with E-state index in [1.165, 1.54) is 16.9 Å². The zero-order valence-corrected chi connectivity index (χ0v) is 14.4. The molecule has 1 aliphatic carbocycles. The quantitative estimate of drug-likeness (QED) is 0.878. The maximum Gasteiger partial charge on any atom is 0.246 e. The number of aromatic nitrogens is 1. The average molecular weight is 358 g/mol. The molecule has 0 spiro atoms. The molecule has 0 atom stereocenters. The van der Waals surface area contributed by atoms with Crippen molar-refractivity contribution in [2.75, 3.05) is 5.32 Å². The highest BCUT2D eigenvalue weighted by Crippen LogP contribution is 2.34. The van der Waals surface area contributed by atoms with Crippen molar-refractivity contribution in [1.29, 1.82) is 0 Å². The van der Waals surface area contributed by atoms with Gasteiger partial charge in [0.05, 0.1) is 5.54 Å². The van der Waals surface area contributed by atoms with Crippen molar-refractivity contribution < 1.29 is 4.79 Å². The minimum Gasteiger partial charge on any atom is -0.317 e. The molecule has 0 radical (unpaired) electrons. The Hall–Kier alpha value is -1.14. The van der Waals surface area contributed by atoms with E-state index in [-0.39, 0.29) is 18.3 Å². The maximum absolute atomic E-state index is 11.9. The number of nitrogens with zero attached hydrogens (tertiary/aromatic N) is 1. The number of nitrogens with one attached hydrogen (secondary N) is 1. The number of carbonyl (C=O) groups is 1. The predicted octanol–water partition coefficient (Wildman–Crippen LogP) is 3.55. The number of rotatable bonds is 4. The molecule has 0 unspecified atom stereocenters. The Bertz CT molecular complexity index is 698. The molecule has 1 fully saturated rings. The maximum atomic E-state index is 11.9. The molecule has 3 rings (SSSR count). The predicted molar refractivity (Wildman–Crippen MR) is 93.1 cm³/mol. The lowest BCUT2D eigenvalue weighted by Crippen LogP contribution is -2.37. The van der Waals surface area contributed by atoms with Gasteiger partial charge in [-0.1, -0.05) is 17.7 Å². The van der Waals surface area contributed by atoms with E-state index < -0.39 is 5.54 Å². The topological polar surface area (TPSA) is 68.0 Å². The van der Waals surface area contributed by atoms with Crippen LogP contribution in [0.5, 0.6) is 0 Å². The van der Waals surface area contributed by atoms with E-state index in [0.29, 0.717) is 5.13 Å². The molecule has 0 saturated heterocycles. The Balaban J connectivity index is 0.00000176. The molecule has 22 heavy (non-hydrogen) atoms. The molecule has 1 aromatic carbocycles. The molecule has 1 aromatic heterocycles. The Morgan fingerprint density at radius 2 is 2.23 bits per heavy atom. The number of amides is 1. The van der Waals surface area contributed by atoms with Gasteiger partial charge in [-0.15, -0.1) is 23.7 Å². The lowest BCUT2D eigenvalue weighted by molar-refractivity contribution is -0.118. The van der Waals surface area contributed by atoms with Crippen LogP contribution in [0.1, 0.15) is 28.8 Å². The van der Waals surface area contributed by atoms with Crippen LogP contribution in [-0.2, 0) is 11.2 Å². The lowest BCUT2D eigenvalue weighted by Gasteiger charge is -2.06. The molecule has 1 aliphatic rings. The van der Waals surface area contributed by atoms with E-state index in [1.807, 2.05) is 25.1 Å². The zero-order chi connectivity index (χ0) is 15.0. The van der Waals surface area contributed by atoms with Gasteiger partial charge in [0.2, 0.25) is 5.91 Å².